The smallest absolute Gasteiger partial charge is 0.334 e. The van der Waals surface area contributed by atoms with Crippen molar-refractivity contribution in [1.82, 2.24) is 20.0 Å². The van der Waals surface area contributed by atoms with Crippen LogP contribution in [-0.4, -0.2) is 51.0 Å². The molecule has 2 aliphatic rings. The highest BCUT2D eigenvalue weighted by Crippen LogP contribution is 2.29. The van der Waals surface area contributed by atoms with Crippen LogP contribution in [0.1, 0.15) is 31.6 Å². The average molecular weight is 370 g/mol. The summed E-state index contributed by atoms with van der Waals surface area (Å²) in [6.07, 6.45) is 3.37. The Balaban J connectivity index is 1.50. The lowest BCUT2D eigenvalue weighted by atomic mass is 10.2. The minimum atomic E-state index is -0.851. The summed E-state index contributed by atoms with van der Waals surface area (Å²) in [7, 11) is 1.57. The van der Waals surface area contributed by atoms with Crippen LogP contribution in [0.4, 0.5) is 4.79 Å². The van der Waals surface area contributed by atoms with Gasteiger partial charge in [-0.3, -0.25) is 14.5 Å². The van der Waals surface area contributed by atoms with E-state index in [1.54, 1.807) is 31.4 Å². The second-order valence-corrected chi connectivity index (χ2v) is 6.52. The van der Waals surface area contributed by atoms with Crippen LogP contribution in [0.2, 0.25) is 0 Å². The summed E-state index contributed by atoms with van der Waals surface area (Å²) >= 11 is 0. The number of hydrogen-bond donors (Lipinski definition) is 0. The molecule has 2 fully saturated rings. The molecule has 2 heterocycles. The average Bonchev–Trinajstić information content (AvgIpc) is 3.41. The maximum absolute atomic E-state index is 12.6. The normalized spacial score (nSPS) is 18.0. The zero-order valence-corrected chi connectivity index (χ0v) is 14.8. The van der Waals surface area contributed by atoms with Crippen LogP contribution in [-0.2, 0) is 16.1 Å². The standard InChI is InChI=1S/C18H18N4O5/c1-26-13-8-6-11(7-9-13)15-20-19-14(27-15)10-21-16(23)17(24)22(18(21)25)12-4-2-3-5-12/h6-9,12H,2-5,10H2,1H3. The maximum atomic E-state index is 12.6. The minimum absolute atomic E-state index is 0.0867. The molecule has 1 aromatic heterocycles. The molecule has 0 N–H and O–H groups in total. The minimum Gasteiger partial charge on any atom is -0.497 e. The first-order chi connectivity index (χ1) is 13.1. The van der Waals surface area contributed by atoms with Crippen LogP contribution in [0.15, 0.2) is 28.7 Å². The first kappa shape index (κ1) is 17.2. The van der Waals surface area contributed by atoms with Crippen molar-refractivity contribution < 1.29 is 23.5 Å². The van der Waals surface area contributed by atoms with E-state index in [1.807, 2.05) is 0 Å². The molecule has 9 heteroatoms. The van der Waals surface area contributed by atoms with E-state index in [0.717, 1.165) is 35.5 Å². The first-order valence-corrected chi connectivity index (χ1v) is 8.74. The number of imide groups is 2. The molecule has 0 bridgehead atoms. The summed E-state index contributed by atoms with van der Waals surface area (Å²) in [4.78, 5) is 39.0. The van der Waals surface area contributed by atoms with Gasteiger partial charge in [0, 0.05) is 11.6 Å². The lowest BCUT2D eigenvalue weighted by Crippen LogP contribution is -2.39. The SMILES string of the molecule is COc1ccc(-c2nnc(CN3C(=O)C(=O)N(C4CCCC4)C3=O)o2)cc1. The van der Waals surface area contributed by atoms with Gasteiger partial charge >= 0.3 is 17.8 Å². The Morgan fingerprint density at radius 3 is 2.44 bits per heavy atom. The molecule has 0 radical (unpaired) electrons. The molecular formula is C18H18N4O5. The fraction of sp³-hybridized carbons (Fsp3) is 0.389. The first-order valence-electron chi connectivity index (χ1n) is 8.74. The van der Waals surface area contributed by atoms with Crippen molar-refractivity contribution in [3.05, 3.63) is 30.2 Å². The Morgan fingerprint density at radius 2 is 1.78 bits per heavy atom. The highest BCUT2D eigenvalue weighted by molar-refractivity contribution is 6.44. The number of rotatable bonds is 5. The Kier molecular flexibility index (Phi) is 4.35. The molecule has 27 heavy (non-hydrogen) atoms. The van der Waals surface area contributed by atoms with Crippen molar-refractivity contribution in [1.29, 1.82) is 0 Å². The molecule has 1 saturated heterocycles. The van der Waals surface area contributed by atoms with Crippen molar-refractivity contribution in [2.24, 2.45) is 0 Å². The Bertz CT molecular complexity index is 885. The summed E-state index contributed by atoms with van der Waals surface area (Å²) in [5.41, 5.74) is 0.678. The van der Waals surface area contributed by atoms with Crippen LogP contribution in [0.25, 0.3) is 11.5 Å². The van der Waals surface area contributed by atoms with Crippen molar-refractivity contribution in [2.45, 2.75) is 38.3 Å². The summed E-state index contributed by atoms with van der Waals surface area (Å²) in [6, 6.07) is 6.22. The van der Waals surface area contributed by atoms with Gasteiger partial charge in [0.25, 0.3) is 0 Å². The number of urea groups is 1. The number of carbonyl (C=O) groups is 3. The topological polar surface area (TPSA) is 106 Å². The van der Waals surface area contributed by atoms with Crippen molar-refractivity contribution in [3.63, 3.8) is 0 Å². The summed E-state index contributed by atoms with van der Waals surface area (Å²) in [5, 5.41) is 7.84. The number of hydrogen-bond acceptors (Lipinski definition) is 7. The van der Waals surface area contributed by atoms with Crippen LogP contribution < -0.4 is 4.74 Å². The van der Waals surface area contributed by atoms with Crippen LogP contribution in [0.3, 0.4) is 0 Å². The lowest BCUT2D eigenvalue weighted by Gasteiger charge is -2.20. The molecule has 4 rings (SSSR count). The molecule has 0 atom stereocenters. The van der Waals surface area contributed by atoms with Gasteiger partial charge in [0.1, 0.15) is 12.3 Å². The summed E-state index contributed by atoms with van der Waals surface area (Å²) < 4.78 is 10.7. The zero-order valence-electron chi connectivity index (χ0n) is 14.8. The number of nitrogens with zero attached hydrogens (tertiary/aromatic N) is 4. The maximum Gasteiger partial charge on any atom is 0.334 e. The van der Waals surface area contributed by atoms with Crippen molar-refractivity contribution >= 4 is 17.8 Å². The van der Waals surface area contributed by atoms with Gasteiger partial charge in [0.2, 0.25) is 11.8 Å². The number of amides is 4. The van der Waals surface area contributed by atoms with Crippen LogP contribution in [0.5, 0.6) is 5.75 Å². The van der Waals surface area contributed by atoms with Crippen LogP contribution in [0, 0.1) is 0 Å². The van der Waals surface area contributed by atoms with Crippen molar-refractivity contribution in [2.75, 3.05) is 7.11 Å². The number of methoxy groups -OCH3 is 1. The third-order valence-electron chi connectivity index (χ3n) is 4.87. The predicted molar refractivity (Wildman–Crippen MR) is 91.3 cm³/mol. The fourth-order valence-corrected chi connectivity index (χ4v) is 3.45. The van der Waals surface area contributed by atoms with Gasteiger partial charge in [0.05, 0.1) is 7.11 Å². The Labute approximate surface area is 154 Å². The van der Waals surface area contributed by atoms with E-state index in [4.69, 9.17) is 9.15 Å². The van der Waals surface area contributed by atoms with Gasteiger partial charge in [-0.25, -0.2) is 9.69 Å². The third kappa shape index (κ3) is 3.05. The van der Waals surface area contributed by atoms with E-state index in [9.17, 15) is 14.4 Å². The number of aromatic nitrogens is 2. The van der Waals surface area contributed by atoms with E-state index in [0.29, 0.717) is 11.3 Å². The van der Waals surface area contributed by atoms with E-state index < -0.39 is 17.8 Å². The Hall–Kier alpha value is -3.23. The highest BCUT2D eigenvalue weighted by Gasteiger charge is 2.48. The molecule has 1 aliphatic carbocycles. The van der Waals surface area contributed by atoms with Gasteiger partial charge in [-0.05, 0) is 37.1 Å². The molecule has 0 spiro atoms. The largest absolute Gasteiger partial charge is 0.497 e. The third-order valence-corrected chi connectivity index (χ3v) is 4.87. The van der Waals surface area contributed by atoms with Gasteiger partial charge in [-0.2, -0.15) is 0 Å². The zero-order chi connectivity index (χ0) is 19.0. The number of carbonyl (C=O) groups excluding carboxylic acids is 3. The number of ether oxygens (including phenoxy) is 1. The summed E-state index contributed by atoms with van der Waals surface area (Å²) in [6.45, 7) is -0.226. The quantitative estimate of drug-likeness (QED) is 0.585. The van der Waals surface area contributed by atoms with E-state index in [1.165, 1.54) is 0 Å². The van der Waals surface area contributed by atoms with Crippen LogP contribution >= 0.6 is 0 Å². The predicted octanol–water partition coefficient (Wildman–Crippen LogP) is 1.98. The fourth-order valence-electron chi connectivity index (χ4n) is 3.45. The molecule has 1 aromatic carbocycles. The van der Waals surface area contributed by atoms with Gasteiger partial charge < -0.3 is 9.15 Å². The molecular weight excluding hydrogens is 352 g/mol. The molecule has 9 nitrogen and oxygen atoms in total. The van der Waals surface area contributed by atoms with Gasteiger partial charge in [0.15, 0.2) is 0 Å². The van der Waals surface area contributed by atoms with E-state index in [2.05, 4.69) is 10.2 Å². The summed E-state index contributed by atoms with van der Waals surface area (Å²) in [5.74, 6) is -0.593. The van der Waals surface area contributed by atoms with E-state index >= 15 is 0 Å². The van der Waals surface area contributed by atoms with Crippen molar-refractivity contribution in [3.8, 4) is 17.2 Å². The van der Waals surface area contributed by atoms with E-state index in [-0.39, 0.29) is 24.4 Å². The molecule has 1 aliphatic heterocycles. The van der Waals surface area contributed by atoms with Gasteiger partial charge in [-0.15, -0.1) is 10.2 Å². The molecule has 140 valence electrons. The second-order valence-electron chi connectivity index (χ2n) is 6.52. The second kappa shape index (κ2) is 6.82. The highest BCUT2D eigenvalue weighted by atomic mass is 16.5. The molecule has 0 unspecified atom stereocenters. The Morgan fingerprint density at radius 1 is 1.07 bits per heavy atom. The monoisotopic (exact) mass is 370 g/mol. The number of benzene rings is 1. The van der Waals surface area contributed by atoms with Gasteiger partial charge in [-0.1, -0.05) is 12.8 Å². The lowest BCUT2D eigenvalue weighted by molar-refractivity contribution is -0.144. The molecule has 4 amide bonds. The molecule has 1 saturated carbocycles. The molecule has 2 aromatic rings.